The second kappa shape index (κ2) is 12.9. The van der Waals surface area contributed by atoms with Gasteiger partial charge in [0.05, 0.1) is 10.6 Å². The summed E-state index contributed by atoms with van der Waals surface area (Å²) >= 11 is 6.19. The lowest BCUT2D eigenvalue weighted by atomic mass is 10.1. The van der Waals surface area contributed by atoms with Crippen molar-refractivity contribution in [3.05, 3.63) is 95.0 Å². The van der Waals surface area contributed by atoms with Gasteiger partial charge >= 0.3 is 0 Å². The van der Waals surface area contributed by atoms with Crippen LogP contribution in [0.15, 0.2) is 83.8 Å². The summed E-state index contributed by atoms with van der Waals surface area (Å²) in [6.07, 6.45) is 0.508. The Morgan fingerprint density at radius 2 is 1.58 bits per heavy atom. The van der Waals surface area contributed by atoms with Crippen molar-refractivity contribution in [3.63, 3.8) is 0 Å². The molecule has 0 aliphatic carbocycles. The molecule has 0 radical (unpaired) electrons. The van der Waals surface area contributed by atoms with Crippen LogP contribution in [-0.4, -0.2) is 50.3 Å². The predicted molar refractivity (Wildman–Crippen MR) is 152 cm³/mol. The molecule has 0 aliphatic heterocycles. The average Bonchev–Trinajstić information content (AvgIpc) is 2.87. The standard InChI is InChI=1S/C29H34ClN3O4S/c1-21(2)31-29(35)23(4)32(18-17-24-9-6-5-7-10-24)28(34)20-33(26-12-8-11-25(30)19-26)38(36,37)27-15-13-22(3)14-16-27/h5-16,19,21,23H,17-18,20H2,1-4H3,(H,31,35)/t23-/m0/s1. The van der Waals surface area contributed by atoms with Crippen LogP contribution in [-0.2, 0) is 26.0 Å². The van der Waals surface area contributed by atoms with E-state index >= 15 is 0 Å². The van der Waals surface area contributed by atoms with Crippen LogP contribution in [0.25, 0.3) is 0 Å². The van der Waals surface area contributed by atoms with Gasteiger partial charge in [0.15, 0.2) is 0 Å². The molecule has 0 spiro atoms. The molecule has 0 aliphatic rings. The molecule has 3 aromatic rings. The molecular weight excluding hydrogens is 522 g/mol. The van der Waals surface area contributed by atoms with Crippen LogP contribution in [0.1, 0.15) is 31.9 Å². The number of halogens is 1. The highest BCUT2D eigenvalue weighted by molar-refractivity contribution is 7.92. The van der Waals surface area contributed by atoms with Crippen molar-refractivity contribution >= 4 is 39.1 Å². The lowest BCUT2D eigenvalue weighted by Crippen LogP contribution is -2.53. The number of hydrogen-bond acceptors (Lipinski definition) is 4. The molecule has 38 heavy (non-hydrogen) atoms. The number of carbonyl (C=O) groups is 2. The summed E-state index contributed by atoms with van der Waals surface area (Å²) in [6.45, 7) is 6.95. The number of benzene rings is 3. The van der Waals surface area contributed by atoms with Crippen molar-refractivity contribution in [2.24, 2.45) is 0 Å². The molecule has 1 atom stereocenters. The van der Waals surface area contributed by atoms with Crippen LogP contribution >= 0.6 is 11.6 Å². The third kappa shape index (κ3) is 7.58. The molecule has 0 bridgehead atoms. The lowest BCUT2D eigenvalue weighted by molar-refractivity contribution is -0.139. The normalized spacial score (nSPS) is 12.2. The molecule has 3 rings (SSSR count). The predicted octanol–water partition coefficient (Wildman–Crippen LogP) is 4.83. The summed E-state index contributed by atoms with van der Waals surface area (Å²) in [7, 11) is -4.12. The number of sulfonamides is 1. The quantitative estimate of drug-likeness (QED) is 0.367. The van der Waals surface area contributed by atoms with Crippen molar-refractivity contribution in [1.29, 1.82) is 0 Å². The van der Waals surface area contributed by atoms with Gasteiger partial charge in [-0.3, -0.25) is 13.9 Å². The number of amides is 2. The molecule has 7 nitrogen and oxygen atoms in total. The zero-order valence-electron chi connectivity index (χ0n) is 22.1. The molecule has 0 saturated heterocycles. The first-order valence-corrected chi connectivity index (χ1v) is 14.3. The van der Waals surface area contributed by atoms with Gasteiger partial charge in [-0.1, -0.05) is 65.7 Å². The van der Waals surface area contributed by atoms with E-state index in [2.05, 4.69) is 5.32 Å². The number of nitrogens with zero attached hydrogens (tertiary/aromatic N) is 2. The number of nitrogens with one attached hydrogen (secondary N) is 1. The molecule has 1 N–H and O–H groups in total. The van der Waals surface area contributed by atoms with Crippen LogP contribution in [0.2, 0.25) is 5.02 Å². The van der Waals surface area contributed by atoms with Gasteiger partial charge in [0, 0.05) is 17.6 Å². The maximum absolute atomic E-state index is 13.8. The molecule has 0 saturated carbocycles. The molecule has 0 aromatic heterocycles. The molecule has 202 valence electrons. The number of carbonyl (C=O) groups excluding carboxylic acids is 2. The molecule has 0 fully saturated rings. The van der Waals surface area contributed by atoms with Crippen molar-refractivity contribution in [2.75, 3.05) is 17.4 Å². The van der Waals surface area contributed by atoms with Gasteiger partial charge in [0.25, 0.3) is 10.0 Å². The molecule has 0 unspecified atom stereocenters. The molecular formula is C29H34ClN3O4S. The van der Waals surface area contributed by atoms with Crippen molar-refractivity contribution in [2.45, 2.75) is 51.1 Å². The van der Waals surface area contributed by atoms with Crippen LogP contribution < -0.4 is 9.62 Å². The summed E-state index contributed by atoms with van der Waals surface area (Å²) in [5.41, 5.74) is 2.17. The highest BCUT2D eigenvalue weighted by Gasteiger charge is 2.32. The largest absolute Gasteiger partial charge is 0.352 e. The second-order valence-electron chi connectivity index (χ2n) is 9.47. The number of aryl methyl sites for hydroxylation is 1. The van der Waals surface area contributed by atoms with E-state index in [0.717, 1.165) is 15.4 Å². The summed E-state index contributed by atoms with van der Waals surface area (Å²) in [4.78, 5) is 28.2. The van der Waals surface area contributed by atoms with E-state index in [1.165, 1.54) is 23.1 Å². The van der Waals surface area contributed by atoms with E-state index in [0.29, 0.717) is 11.4 Å². The summed E-state index contributed by atoms with van der Waals surface area (Å²) < 4.78 is 28.6. The zero-order valence-corrected chi connectivity index (χ0v) is 23.7. The van der Waals surface area contributed by atoms with E-state index in [-0.39, 0.29) is 29.1 Å². The van der Waals surface area contributed by atoms with E-state index in [1.54, 1.807) is 37.3 Å². The minimum atomic E-state index is -4.12. The third-order valence-corrected chi connectivity index (χ3v) is 8.09. The van der Waals surface area contributed by atoms with Gasteiger partial charge < -0.3 is 10.2 Å². The zero-order chi connectivity index (χ0) is 27.9. The van der Waals surface area contributed by atoms with E-state index < -0.39 is 28.5 Å². The van der Waals surface area contributed by atoms with Gasteiger partial charge in [0.2, 0.25) is 11.8 Å². The Kier molecular flexibility index (Phi) is 9.94. The van der Waals surface area contributed by atoms with Crippen LogP contribution in [0, 0.1) is 6.92 Å². The Balaban J connectivity index is 1.98. The van der Waals surface area contributed by atoms with Gasteiger partial charge in [0.1, 0.15) is 12.6 Å². The summed E-state index contributed by atoms with van der Waals surface area (Å²) in [5.74, 6) is -0.805. The smallest absolute Gasteiger partial charge is 0.264 e. The van der Waals surface area contributed by atoms with Crippen LogP contribution in [0.4, 0.5) is 5.69 Å². The first kappa shape index (κ1) is 29.2. The first-order chi connectivity index (χ1) is 18.0. The van der Waals surface area contributed by atoms with E-state index in [1.807, 2.05) is 51.1 Å². The Labute approximate surface area is 230 Å². The minimum Gasteiger partial charge on any atom is -0.352 e. The van der Waals surface area contributed by atoms with Crippen molar-refractivity contribution in [1.82, 2.24) is 10.2 Å². The van der Waals surface area contributed by atoms with Crippen molar-refractivity contribution < 1.29 is 18.0 Å². The van der Waals surface area contributed by atoms with Crippen LogP contribution in [0.5, 0.6) is 0 Å². The number of anilines is 1. The summed E-state index contributed by atoms with van der Waals surface area (Å²) in [6, 6.07) is 21.5. The monoisotopic (exact) mass is 555 g/mol. The van der Waals surface area contributed by atoms with Gasteiger partial charge in [-0.2, -0.15) is 0 Å². The van der Waals surface area contributed by atoms with Crippen LogP contribution in [0.3, 0.4) is 0 Å². The summed E-state index contributed by atoms with van der Waals surface area (Å²) in [5, 5.41) is 3.19. The number of hydrogen-bond donors (Lipinski definition) is 1. The van der Waals surface area contributed by atoms with Gasteiger partial charge in [-0.25, -0.2) is 8.42 Å². The topological polar surface area (TPSA) is 86.8 Å². The Morgan fingerprint density at radius 1 is 0.921 bits per heavy atom. The fourth-order valence-corrected chi connectivity index (χ4v) is 5.56. The highest BCUT2D eigenvalue weighted by atomic mass is 35.5. The first-order valence-electron chi connectivity index (χ1n) is 12.5. The SMILES string of the molecule is Cc1ccc(S(=O)(=O)N(CC(=O)N(CCc2ccccc2)[C@@H](C)C(=O)NC(C)C)c2cccc(Cl)c2)cc1. The average molecular weight is 556 g/mol. The fraction of sp³-hybridized carbons (Fsp3) is 0.310. The van der Waals surface area contributed by atoms with E-state index in [4.69, 9.17) is 11.6 Å². The maximum Gasteiger partial charge on any atom is 0.264 e. The molecule has 2 amide bonds. The minimum absolute atomic E-state index is 0.0531. The molecule has 9 heteroatoms. The maximum atomic E-state index is 13.8. The fourth-order valence-electron chi connectivity index (χ4n) is 3.97. The Bertz CT molecular complexity index is 1350. The number of rotatable bonds is 11. The highest BCUT2D eigenvalue weighted by Crippen LogP contribution is 2.27. The Hall–Kier alpha value is -3.36. The molecule has 0 heterocycles. The lowest BCUT2D eigenvalue weighted by Gasteiger charge is -2.32. The van der Waals surface area contributed by atoms with Gasteiger partial charge in [-0.05, 0) is 70.0 Å². The third-order valence-electron chi connectivity index (χ3n) is 6.07. The molecule has 3 aromatic carbocycles. The second-order valence-corrected chi connectivity index (χ2v) is 11.8. The van der Waals surface area contributed by atoms with Gasteiger partial charge in [-0.15, -0.1) is 0 Å². The Morgan fingerprint density at radius 3 is 2.18 bits per heavy atom. The van der Waals surface area contributed by atoms with E-state index in [9.17, 15) is 18.0 Å². The van der Waals surface area contributed by atoms with Crippen molar-refractivity contribution in [3.8, 4) is 0 Å².